The molecule has 2 fully saturated rings. The smallest absolute Gasteiger partial charge is 0.266 e. The lowest BCUT2D eigenvalue weighted by Gasteiger charge is -2.27. The number of benzene rings is 1. The third-order valence-corrected chi connectivity index (χ3v) is 5.26. The van der Waals surface area contributed by atoms with Crippen LogP contribution in [0.3, 0.4) is 0 Å². The van der Waals surface area contributed by atoms with Crippen LogP contribution in [0.25, 0.3) is 11.3 Å². The Kier molecular flexibility index (Phi) is 5.03. The number of halogens is 1. The standard InChI is InChI=1S/C20H22FN3O3/c21-15-7-5-14(6-8-15)17-9-10-19(25)24(22-17)13-16-3-1-11-23(16)20(26)18-4-2-12-27-18/h5-10,16,18H,1-4,11-13H2/t16-,18+/m0/s1. The molecule has 2 aromatic rings. The van der Waals surface area contributed by atoms with Gasteiger partial charge < -0.3 is 9.64 Å². The Bertz CT molecular complexity index is 875. The predicted octanol–water partition coefficient (Wildman–Crippen LogP) is 2.22. The number of nitrogens with zero attached hydrogens (tertiary/aromatic N) is 3. The van der Waals surface area contributed by atoms with Gasteiger partial charge in [0.05, 0.1) is 18.3 Å². The second kappa shape index (κ2) is 7.60. The molecular weight excluding hydrogens is 349 g/mol. The maximum absolute atomic E-state index is 13.1. The minimum absolute atomic E-state index is 0.0257. The highest BCUT2D eigenvalue weighted by Gasteiger charge is 2.35. The highest BCUT2D eigenvalue weighted by Crippen LogP contribution is 2.24. The molecule has 2 aliphatic heterocycles. The van der Waals surface area contributed by atoms with Crippen molar-refractivity contribution in [2.24, 2.45) is 0 Å². The van der Waals surface area contributed by atoms with E-state index in [0.717, 1.165) is 31.2 Å². The SMILES string of the molecule is O=C([C@H]1CCCO1)N1CCC[C@H]1Cn1nc(-c2ccc(F)cc2)ccc1=O. The highest BCUT2D eigenvalue weighted by molar-refractivity contribution is 5.81. The molecule has 4 rings (SSSR count). The Hall–Kier alpha value is -2.54. The molecule has 0 unspecified atom stereocenters. The molecule has 142 valence electrons. The van der Waals surface area contributed by atoms with Crippen LogP contribution in [0.15, 0.2) is 41.2 Å². The van der Waals surface area contributed by atoms with Crippen LogP contribution in [-0.4, -0.2) is 45.9 Å². The zero-order valence-electron chi connectivity index (χ0n) is 15.0. The van der Waals surface area contributed by atoms with Gasteiger partial charge in [-0.2, -0.15) is 5.10 Å². The van der Waals surface area contributed by atoms with Crippen LogP contribution in [0, 0.1) is 5.82 Å². The fourth-order valence-electron chi connectivity index (χ4n) is 3.83. The summed E-state index contributed by atoms with van der Waals surface area (Å²) in [5.41, 5.74) is 1.13. The lowest BCUT2D eigenvalue weighted by Crippen LogP contribution is -2.45. The van der Waals surface area contributed by atoms with Crippen molar-refractivity contribution in [1.29, 1.82) is 0 Å². The van der Waals surface area contributed by atoms with E-state index in [4.69, 9.17) is 4.74 Å². The molecule has 0 bridgehead atoms. The van der Waals surface area contributed by atoms with Gasteiger partial charge in [0.2, 0.25) is 0 Å². The van der Waals surface area contributed by atoms with Crippen LogP contribution < -0.4 is 5.56 Å². The van der Waals surface area contributed by atoms with Gasteiger partial charge in [-0.15, -0.1) is 0 Å². The van der Waals surface area contributed by atoms with Gasteiger partial charge in [0.1, 0.15) is 11.9 Å². The minimum Gasteiger partial charge on any atom is -0.368 e. The summed E-state index contributed by atoms with van der Waals surface area (Å²) in [4.78, 5) is 26.8. The van der Waals surface area contributed by atoms with E-state index >= 15 is 0 Å². The molecule has 1 aromatic carbocycles. The zero-order chi connectivity index (χ0) is 18.8. The van der Waals surface area contributed by atoms with E-state index < -0.39 is 0 Å². The molecule has 27 heavy (non-hydrogen) atoms. The fraction of sp³-hybridized carbons (Fsp3) is 0.450. The van der Waals surface area contributed by atoms with Gasteiger partial charge in [0.25, 0.3) is 11.5 Å². The van der Waals surface area contributed by atoms with Crippen molar-refractivity contribution >= 4 is 5.91 Å². The van der Waals surface area contributed by atoms with Gasteiger partial charge in [-0.1, -0.05) is 0 Å². The lowest BCUT2D eigenvalue weighted by molar-refractivity contribution is -0.142. The third kappa shape index (κ3) is 3.78. The topological polar surface area (TPSA) is 64.4 Å². The number of aromatic nitrogens is 2. The van der Waals surface area contributed by atoms with Gasteiger partial charge in [0, 0.05) is 24.8 Å². The van der Waals surface area contributed by atoms with E-state index in [1.807, 2.05) is 4.90 Å². The predicted molar refractivity (Wildman–Crippen MR) is 97.6 cm³/mol. The molecule has 1 aromatic heterocycles. The van der Waals surface area contributed by atoms with E-state index in [0.29, 0.717) is 25.4 Å². The first-order chi connectivity index (χ1) is 13.1. The number of likely N-dealkylation sites (tertiary alicyclic amines) is 1. The molecule has 6 nitrogen and oxygen atoms in total. The summed E-state index contributed by atoms with van der Waals surface area (Å²) in [5.74, 6) is -0.293. The summed E-state index contributed by atoms with van der Waals surface area (Å²) in [5, 5.41) is 4.44. The summed E-state index contributed by atoms with van der Waals surface area (Å²) in [6.45, 7) is 1.68. The van der Waals surface area contributed by atoms with Gasteiger partial charge in [0.15, 0.2) is 0 Å². The van der Waals surface area contributed by atoms with E-state index in [1.54, 1.807) is 18.2 Å². The summed E-state index contributed by atoms with van der Waals surface area (Å²) < 4.78 is 20.1. The normalized spacial score (nSPS) is 22.3. The zero-order valence-corrected chi connectivity index (χ0v) is 15.0. The van der Waals surface area contributed by atoms with Gasteiger partial charge in [-0.05, 0) is 56.0 Å². The molecular formula is C20H22FN3O3. The van der Waals surface area contributed by atoms with Crippen LogP contribution >= 0.6 is 0 Å². The Balaban J connectivity index is 1.54. The summed E-state index contributed by atoms with van der Waals surface area (Å²) in [6, 6.07) is 9.04. The van der Waals surface area contributed by atoms with Crippen LogP contribution in [0.1, 0.15) is 25.7 Å². The molecule has 2 aliphatic rings. The van der Waals surface area contributed by atoms with Crippen LogP contribution in [0.4, 0.5) is 4.39 Å². The molecule has 0 spiro atoms. The number of rotatable bonds is 4. The Labute approximate surface area is 156 Å². The van der Waals surface area contributed by atoms with Crippen LogP contribution in [0.2, 0.25) is 0 Å². The molecule has 2 atom stereocenters. The lowest BCUT2D eigenvalue weighted by atomic mass is 10.1. The molecule has 1 amide bonds. The van der Waals surface area contributed by atoms with E-state index in [1.165, 1.54) is 22.9 Å². The summed E-state index contributed by atoms with van der Waals surface area (Å²) >= 11 is 0. The van der Waals surface area contributed by atoms with Crippen molar-refractivity contribution in [3.05, 3.63) is 52.6 Å². The summed E-state index contributed by atoms with van der Waals surface area (Å²) in [7, 11) is 0. The second-order valence-electron chi connectivity index (χ2n) is 7.08. The number of hydrogen-bond donors (Lipinski definition) is 0. The molecule has 0 aliphatic carbocycles. The quantitative estimate of drug-likeness (QED) is 0.827. The average molecular weight is 371 g/mol. The first-order valence-corrected chi connectivity index (χ1v) is 9.38. The van der Waals surface area contributed by atoms with Crippen molar-refractivity contribution in [3.63, 3.8) is 0 Å². The largest absolute Gasteiger partial charge is 0.368 e. The van der Waals surface area contributed by atoms with Crippen molar-refractivity contribution in [3.8, 4) is 11.3 Å². The Morgan fingerprint density at radius 2 is 1.96 bits per heavy atom. The number of amides is 1. The Morgan fingerprint density at radius 1 is 1.15 bits per heavy atom. The molecule has 0 saturated carbocycles. The summed E-state index contributed by atoms with van der Waals surface area (Å²) in [6.07, 6.45) is 3.08. The number of ether oxygens (including phenoxy) is 1. The average Bonchev–Trinajstić information content (AvgIpc) is 3.36. The Morgan fingerprint density at radius 3 is 2.70 bits per heavy atom. The van der Waals surface area contributed by atoms with E-state index in [-0.39, 0.29) is 29.4 Å². The van der Waals surface area contributed by atoms with E-state index in [2.05, 4.69) is 5.10 Å². The third-order valence-electron chi connectivity index (χ3n) is 5.26. The second-order valence-corrected chi connectivity index (χ2v) is 7.08. The maximum Gasteiger partial charge on any atom is 0.266 e. The highest BCUT2D eigenvalue weighted by atomic mass is 19.1. The number of hydrogen-bond acceptors (Lipinski definition) is 4. The first-order valence-electron chi connectivity index (χ1n) is 9.38. The van der Waals surface area contributed by atoms with Crippen molar-refractivity contribution < 1.29 is 13.9 Å². The minimum atomic E-state index is -0.346. The van der Waals surface area contributed by atoms with Crippen LogP contribution in [-0.2, 0) is 16.1 Å². The monoisotopic (exact) mass is 371 g/mol. The molecule has 3 heterocycles. The number of carbonyl (C=O) groups excluding carboxylic acids is 1. The van der Waals surface area contributed by atoms with Crippen LogP contribution in [0.5, 0.6) is 0 Å². The van der Waals surface area contributed by atoms with Gasteiger partial charge in [-0.25, -0.2) is 9.07 Å². The van der Waals surface area contributed by atoms with Crippen molar-refractivity contribution in [1.82, 2.24) is 14.7 Å². The fourth-order valence-corrected chi connectivity index (χ4v) is 3.83. The van der Waals surface area contributed by atoms with E-state index in [9.17, 15) is 14.0 Å². The van der Waals surface area contributed by atoms with Crippen molar-refractivity contribution in [2.45, 2.75) is 44.4 Å². The maximum atomic E-state index is 13.1. The number of carbonyl (C=O) groups is 1. The molecule has 7 heteroatoms. The molecule has 2 saturated heterocycles. The molecule has 0 radical (unpaired) electrons. The van der Waals surface area contributed by atoms with Gasteiger partial charge in [-0.3, -0.25) is 9.59 Å². The van der Waals surface area contributed by atoms with Crippen molar-refractivity contribution in [2.75, 3.05) is 13.2 Å². The first kappa shape index (κ1) is 17.9. The molecule has 0 N–H and O–H groups in total. The van der Waals surface area contributed by atoms with Gasteiger partial charge >= 0.3 is 0 Å².